The van der Waals surface area contributed by atoms with E-state index in [9.17, 15) is 9.90 Å². The summed E-state index contributed by atoms with van der Waals surface area (Å²) in [6.45, 7) is 4.83. The third-order valence-corrected chi connectivity index (χ3v) is 5.74. The van der Waals surface area contributed by atoms with Crippen molar-refractivity contribution in [3.05, 3.63) is 59.2 Å². The van der Waals surface area contributed by atoms with Crippen LogP contribution in [-0.4, -0.2) is 34.7 Å². The highest BCUT2D eigenvalue weighted by molar-refractivity contribution is 6.03. The van der Waals surface area contributed by atoms with E-state index in [4.69, 9.17) is 4.74 Å². The molecule has 2 aromatic rings. The summed E-state index contributed by atoms with van der Waals surface area (Å²) in [5, 5.41) is 14.1. The van der Waals surface area contributed by atoms with Crippen molar-refractivity contribution < 1.29 is 14.6 Å². The van der Waals surface area contributed by atoms with Gasteiger partial charge in [0.1, 0.15) is 5.75 Å². The fourth-order valence-corrected chi connectivity index (χ4v) is 4.32. The summed E-state index contributed by atoms with van der Waals surface area (Å²) in [7, 11) is 1.65. The van der Waals surface area contributed by atoms with Gasteiger partial charge in [-0.05, 0) is 61.9 Å². The molecule has 148 valence electrons. The Morgan fingerprint density at radius 1 is 1.21 bits per heavy atom. The number of carbonyl (C=O) groups excluding carboxylic acids is 1. The van der Waals surface area contributed by atoms with Crippen LogP contribution in [0.2, 0.25) is 0 Å². The van der Waals surface area contributed by atoms with Gasteiger partial charge in [0.05, 0.1) is 24.3 Å². The van der Waals surface area contributed by atoms with Gasteiger partial charge in [0.2, 0.25) is 0 Å². The van der Waals surface area contributed by atoms with Crippen LogP contribution in [-0.2, 0) is 13.1 Å². The maximum atomic E-state index is 13.3. The molecule has 5 nitrogen and oxygen atoms in total. The molecular weight excluding hydrogens is 352 g/mol. The van der Waals surface area contributed by atoms with Crippen molar-refractivity contribution in [1.29, 1.82) is 0 Å². The van der Waals surface area contributed by atoms with Gasteiger partial charge in [-0.15, -0.1) is 0 Å². The molecule has 5 heteroatoms. The Kier molecular flexibility index (Phi) is 4.79. The van der Waals surface area contributed by atoms with Crippen molar-refractivity contribution in [2.75, 3.05) is 12.4 Å². The molecule has 1 saturated carbocycles. The van der Waals surface area contributed by atoms with E-state index in [1.54, 1.807) is 7.11 Å². The SMILES string of the molecule is COc1ccc(CNc2cccc3c2C(=O)N(C(C2CC2)C(C)(C)O)C3)cc1. The third kappa shape index (κ3) is 3.59. The normalized spacial score (nSPS) is 17.4. The Bertz CT molecular complexity index is 866. The summed E-state index contributed by atoms with van der Waals surface area (Å²) in [6, 6.07) is 13.7. The summed E-state index contributed by atoms with van der Waals surface area (Å²) in [5.41, 5.74) is 2.83. The number of anilines is 1. The highest BCUT2D eigenvalue weighted by Gasteiger charge is 2.48. The van der Waals surface area contributed by atoms with Gasteiger partial charge in [-0.2, -0.15) is 0 Å². The smallest absolute Gasteiger partial charge is 0.256 e. The highest BCUT2D eigenvalue weighted by Crippen LogP contribution is 2.43. The number of hydrogen-bond donors (Lipinski definition) is 2. The first-order valence-electron chi connectivity index (χ1n) is 9.90. The number of methoxy groups -OCH3 is 1. The average Bonchev–Trinajstić information content (AvgIpc) is 3.43. The van der Waals surface area contributed by atoms with Crippen LogP contribution in [0.15, 0.2) is 42.5 Å². The zero-order valence-corrected chi connectivity index (χ0v) is 16.7. The number of hydrogen-bond acceptors (Lipinski definition) is 4. The Balaban J connectivity index is 1.54. The molecular formula is C23H28N2O3. The molecule has 1 atom stereocenters. The van der Waals surface area contributed by atoms with E-state index in [0.29, 0.717) is 19.0 Å². The molecule has 1 unspecified atom stereocenters. The molecule has 1 fully saturated rings. The van der Waals surface area contributed by atoms with Crippen molar-refractivity contribution in [3.63, 3.8) is 0 Å². The second-order valence-corrected chi connectivity index (χ2v) is 8.41. The Morgan fingerprint density at radius 3 is 2.54 bits per heavy atom. The van der Waals surface area contributed by atoms with Crippen molar-refractivity contribution in [2.45, 2.75) is 51.4 Å². The van der Waals surface area contributed by atoms with Crippen LogP contribution < -0.4 is 10.1 Å². The number of carbonyl (C=O) groups is 1. The van der Waals surface area contributed by atoms with Gasteiger partial charge in [-0.1, -0.05) is 24.3 Å². The lowest BCUT2D eigenvalue weighted by Gasteiger charge is -2.37. The first-order valence-corrected chi connectivity index (χ1v) is 9.90. The number of nitrogens with zero attached hydrogens (tertiary/aromatic N) is 1. The number of ether oxygens (including phenoxy) is 1. The van der Waals surface area contributed by atoms with Crippen LogP contribution >= 0.6 is 0 Å². The predicted molar refractivity (Wildman–Crippen MR) is 109 cm³/mol. The fourth-order valence-electron chi connectivity index (χ4n) is 4.32. The van der Waals surface area contributed by atoms with E-state index in [2.05, 4.69) is 5.32 Å². The van der Waals surface area contributed by atoms with Crippen LogP contribution in [0.1, 0.15) is 48.2 Å². The molecule has 0 bridgehead atoms. The second-order valence-electron chi connectivity index (χ2n) is 8.41. The summed E-state index contributed by atoms with van der Waals surface area (Å²) in [6.07, 6.45) is 2.16. The zero-order valence-electron chi connectivity index (χ0n) is 16.7. The number of fused-ring (bicyclic) bond motifs is 1. The summed E-state index contributed by atoms with van der Waals surface area (Å²) < 4.78 is 5.20. The van der Waals surface area contributed by atoms with Gasteiger partial charge in [-0.3, -0.25) is 4.79 Å². The number of amides is 1. The average molecular weight is 380 g/mol. The molecule has 2 aromatic carbocycles. The van der Waals surface area contributed by atoms with E-state index in [0.717, 1.165) is 41.0 Å². The molecule has 2 aliphatic rings. The van der Waals surface area contributed by atoms with Gasteiger partial charge in [-0.25, -0.2) is 0 Å². The third-order valence-electron chi connectivity index (χ3n) is 5.74. The molecule has 1 aliphatic heterocycles. The molecule has 2 N–H and O–H groups in total. The topological polar surface area (TPSA) is 61.8 Å². The molecule has 4 rings (SSSR count). The van der Waals surface area contributed by atoms with Gasteiger partial charge < -0.3 is 20.1 Å². The first kappa shape index (κ1) is 18.8. The zero-order chi connectivity index (χ0) is 19.9. The fraction of sp³-hybridized carbons (Fsp3) is 0.435. The lowest BCUT2D eigenvalue weighted by molar-refractivity contribution is -0.0224. The molecule has 0 spiro atoms. The minimum absolute atomic E-state index is 0.0202. The summed E-state index contributed by atoms with van der Waals surface area (Å²) in [5.74, 6) is 1.24. The first-order chi connectivity index (χ1) is 13.4. The molecule has 0 aromatic heterocycles. The lowest BCUT2D eigenvalue weighted by Crippen LogP contribution is -2.51. The Labute approximate surface area is 166 Å². The number of aliphatic hydroxyl groups is 1. The van der Waals surface area contributed by atoms with Gasteiger partial charge >= 0.3 is 0 Å². The van der Waals surface area contributed by atoms with E-state index < -0.39 is 5.60 Å². The number of rotatable bonds is 7. The minimum atomic E-state index is -0.907. The predicted octanol–water partition coefficient (Wildman–Crippen LogP) is 3.81. The van der Waals surface area contributed by atoms with E-state index in [-0.39, 0.29) is 11.9 Å². The Hall–Kier alpha value is -2.53. The largest absolute Gasteiger partial charge is 0.497 e. The summed E-state index contributed by atoms with van der Waals surface area (Å²) in [4.78, 5) is 15.2. The minimum Gasteiger partial charge on any atom is -0.497 e. The highest BCUT2D eigenvalue weighted by atomic mass is 16.5. The van der Waals surface area contributed by atoms with Crippen molar-refractivity contribution >= 4 is 11.6 Å². The Morgan fingerprint density at radius 2 is 1.93 bits per heavy atom. The molecule has 28 heavy (non-hydrogen) atoms. The van der Waals surface area contributed by atoms with Crippen LogP contribution in [0.5, 0.6) is 5.75 Å². The van der Waals surface area contributed by atoms with Gasteiger partial charge in [0, 0.05) is 18.8 Å². The van der Waals surface area contributed by atoms with E-state index in [1.807, 2.05) is 61.2 Å². The molecule has 1 amide bonds. The van der Waals surface area contributed by atoms with Crippen molar-refractivity contribution in [3.8, 4) is 5.75 Å². The standard InChI is InChI=1S/C23H28N2O3/c1-23(2,27)21(16-9-10-16)25-14-17-5-4-6-19(20(17)22(25)26)24-13-15-7-11-18(28-3)12-8-15/h4-8,11-12,16,21,24,27H,9-10,13-14H2,1-3H3. The quantitative estimate of drug-likeness (QED) is 0.767. The monoisotopic (exact) mass is 380 g/mol. The lowest BCUT2D eigenvalue weighted by atomic mass is 9.93. The maximum Gasteiger partial charge on any atom is 0.256 e. The molecule has 0 saturated heterocycles. The molecule has 1 heterocycles. The van der Waals surface area contributed by atoms with Crippen LogP contribution in [0.4, 0.5) is 5.69 Å². The number of benzene rings is 2. The molecule has 0 radical (unpaired) electrons. The van der Waals surface area contributed by atoms with Crippen LogP contribution in [0.25, 0.3) is 0 Å². The number of nitrogens with one attached hydrogen (secondary N) is 1. The summed E-state index contributed by atoms with van der Waals surface area (Å²) >= 11 is 0. The maximum absolute atomic E-state index is 13.3. The van der Waals surface area contributed by atoms with E-state index in [1.165, 1.54) is 0 Å². The second kappa shape index (κ2) is 7.13. The van der Waals surface area contributed by atoms with Gasteiger partial charge in [0.15, 0.2) is 0 Å². The molecule has 1 aliphatic carbocycles. The van der Waals surface area contributed by atoms with Crippen LogP contribution in [0.3, 0.4) is 0 Å². The van der Waals surface area contributed by atoms with Crippen molar-refractivity contribution in [1.82, 2.24) is 4.90 Å². The van der Waals surface area contributed by atoms with E-state index >= 15 is 0 Å². The van der Waals surface area contributed by atoms with Gasteiger partial charge in [0.25, 0.3) is 5.91 Å². The van der Waals surface area contributed by atoms with Crippen molar-refractivity contribution in [2.24, 2.45) is 5.92 Å². The van der Waals surface area contributed by atoms with Crippen LogP contribution in [0, 0.1) is 5.92 Å².